The number of nitrogens with two attached hydrogens (primary N) is 1. The van der Waals surface area contributed by atoms with Gasteiger partial charge >= 0.3 is 0 Å². The number of H-pyrrole nitrogens is 1. The SMILES string of the molecule is CC(C)c1c(N)nc(-c2ccco2)[nH]c1=O. The highest BCUT2D eigenvalue weighted by molar-refractivity contribution is 5.51. The molecule has 0 aliphatic rings. The van der Waals surface area contributed by atoms with E-state index in [4.69, 9.17) is 10.2 Å². The van der Waals surface area contributed by atoms with Crippen LogP contribution in [0.4, 0.5) is 5.82 Å². The second-order valence-corrected chi connectivity index (χ2v) is 3.85. The minimum Gasteiger partial charge on any atom is -0.461 e. The summed E-state index contributed by atoms with van der Waals surface area (Å²) in [6, 6.07) is 3.44. The molecule has 0 aliphatic carbocycles. The fraction of sp³-hybridized carbons (Fsp3) is 0.273. The van der Waals surface area contributed by atoms with Gasteiger partial charge in [-0.05, 0) is 18.1 Å². The number of nitrogen functional groups attached to an aromatic ring is 1. The molecule has 0 saturated heterocycles. The van der Waals surface area contributed by atoms with E-state index in [-0.39, 0.29) is 17.3 Å². The number of nitrogens with zero attached hydrogens (tertiary/aromatic N) is 1. The average molecular weight is 219 g/mol. The van der Waals surface area contributed by atoms with Crippen molar-refractivity contribution in [3.8, 4) is 11.6 Å². The molecule has 0 radical (unpaired) electrons. The lowest BCUT2D eigenvalue weighted by Gasteiger charge is -2.07. The van der Waals surface area contributed by atoms with Crippen LogP contribution in [0.2, 0.25) is 0 Å². The van der Waals surface area contributed by atoms with Crippen LogP contribution in [0.15, 0.2) is 27.6 Å². The first-order valence-corrected chi connectivity index (χ1v) is 5.03. The van der Waals surface area contributed by atoms with Crippen LogP contribution in [-0.2, 0) is 0 Å². The summed E-state index contributed by atoms with van der Waals surface area (Å²) in [7, 11) is 0. The van der Waals surface area contributed by atoms with Crippen LogP contribution in [0.1, 0.15) is 25.3 Å². The van der Waals surface area contributed by atoms with E-state index in [1.54, 1.807) is 12.1 Å². The lowest BCUT2D eigenvalue weighted by Crippen LogP contribution is -2.19. The third-order valence-electron chi connectivity index (χ3n) is 2.32. The van der Waals surface area contributed by atoms with Crippen LogP contribution >= 0.6 is 0 Å². The highest BCUT2D eigenvalue weighted by Gasteiger charge is 2.14. The van der Waals surface area contributed by atoms with Gasteiger partial charge in [0, 0.05) is 0 Å². The second-order valence-electron chi connectivity index (χ2n) is 3.85. The average Bonchev–Trinajstić information content (AvgIpc) is 2.67. The summed E-state index contributed by atoms with van der Waals surface area (Å²) >= 11 is 0. The zero-order valence-electron chi connectivity index (χ0n) is 9.15. The molecule has 5 heteroatoms. The second kappa shape index (κ2) is 3.84. The van der Waals surface area contributed by atoms with Crippen molar-refractivity contribution in [1.29, 1.82) is 0 Å². The van der Waals surface area contributed by atoms with Crippen molar-refractivity contribution in [3.05, 3.63) is 34.3 Å². The molecular formula is C11H13N3O2. The molecular weight excluding hydrogens is 206 g/mol. The Morgan fingerprint density at radius 3 is 2.75 bits per heavy atom. The molecule has 3 N–H and O–H groups in total. The zero-order valence-corrected chi connectivity index (χ0v) is 9.15. The standard InChI is InChI=1S/C11H13N3O2/c1-6(2)8-9(12)13-10(14-11(8)15)7-4-3-5-16-7/h3-6H,1-2H3,(H3,12,13,14,15). The third kappa shape index (κ3) is 1.71. The number of nitrogens with one attached hydrogen (secondary N) is 1. The first-order valence-electron chi connectivity index (χ1n) is 5.03. The van der Waals surface area contributed by atoms with Gasteiger partial charge in [-0.2, -0.15) is 0 Å². The van der Waals surface area contributed by atoms with Gasteiger partial charge in [0.1, 0.15) is 5.82 Å². The quantitative estimate of drug-likeness (QED) is 0.805. The molecule has 0 spiro atoms. The van der Waals surface area contributed by atoms with Gasteiger partial charge in [-0.3, -0.25) is 4.79 Å². The Bertz CT molecular complexity index is 541. The van der Waals surface area contributed by atoms with Gasteiger partial charge < -0.3 is 15.1 Å². The highest BCUT2D eigenvalue weighted by atomic mass is 16.3. The van der Waals surface area contributed by atoms with Gasteiger partial charge in [-0.25, -0.2) is 4.98 Å². The van der Waals surface area contributed by atoms with Gasteiger partial charge in [0.05, 0.1) is 11.8 Å². The van der Waals surface area contributed by atoms with E-state index in [0.717, 1.165) is 0 Å². The summed E-state index contributed by atoms with van der Waals surface area (Å²) in [5.74, 6) is 1.16. The predicted octanol–water partition coefficient (Wildman–Crippen LogP) is 1.74. The normalized spacial score (nSPS) is 10.9. The summed E-state index contributed by atoms with van der Waals surface area (Å²) in [5, 5.41) is 0. The molecule has 0 bridgehead atoms. The molecule has 16 heavy (non-hydrogen) atoms. The van der Waals surface area contributed by atoms with Crippen LogP contribution in [0.25, 0.3) is 11.6 Å². The largest absolute Gasteiger partial charge is 0.461 e. The van der Waals surface area contributed by atoms with E-state index >= 15 is 0 Å². The number of hydrogen-bond donors (Lipinski definition) is 2. The summed E-state index contributed by atoms with van der Waals surface area (Å²) in [6.45, 7) is 3.80. The molecule has 0 aromatic carbocycles. The maximum Gasteiger partial charge on any atom is 0.256 e. The maximum atomic E-state index is 11.8. The Balaban J connectivity index is 2.58. The van der Waals surface area contributed by atoms with Crippen molar-refractivity contribution in [2.75, 3.05) is 5.73 Å². The van der Waals surface area contributed by atoms with E-state index in [9.17, 15) is 4.79 Å². The van der Waals surface area contributed by atoms with Crippen LogP contribution < -0.4 is 11.3 Å². The van der Waals surface area contributed by atoms with E-state index in [1.165, 1.54) is 6.26 Å². The highest BCUT2D eigenvalue weighted by Crippen LogP contribution is 2.19. The van der Waals surface area contributed by atoms with Crippen LogP contribution in [0, 0.1) is 0 Å². The summed E-state index contributed by atoms with van der Waals surface area (Å²) < 4.78 is 5.14. The van der Waals surface area contributed by atoms with Crippen LogP contribution in [0.3, 0.4) is 0 Å². The van der Waals surface area contributed by atoms with E-state index < -0.39 is 0 Å². The fourth-order valence-electron chi connectivity index (χ4n) is 1.59. The van der Waals surface area contributed by atoms with Crippen molar-refractivity contribution in [2.45, 2.75) is 19.8 Å². The van der Waals surface area contributed by atoms with Crippen molar-refractivity contribution in [1.82, 2.24) is 9.97 Å². The van der Waals surface area contributed by atoms with Gasteiger partial charge in [0.25, 0.3) is 5.56 Å². The number of hydrogen-bond acceptors (Lipinski definition) is 4. The fourth-order valence-corrected chi connectivity index (χ4v) is 1.59. The Morgan fingerprint density at radius 2 is 2.25 bits per heavy atom. The number of furan rings is 1. The zero-order chi connectivity index (χ0) is 11.7. The lowest BCUT2D eigenvalue weighted by molar-refractivity contribution is 0.576. The summed E-state index contributed by atoms with van der Waals surface area (Å²) in [5.41, 5.74) is 6.05. The number of rotatable bonds is 2. The van der Waals surface area contributed by atoms with Gasteiger partial charge in [0.2, 0.25) is 0 Å². The molecule has 2 aromatic heterocycles. The molecule has 0 fully saturated rings. The Kier molecular flexibility index (Phi) is 2.52. The molecule has 5 nitrogen and oxygen atoms in total. The smallest absolute Gasteiger partial charge is 0.256 e. The number of anilines is 1. The van der Waals surface area contributed by atoms with Crippen LogP contribution in [0.5, 0.6) is 0 Å². The van der Waals surface area contributed by atoms with Gasteiger partial charge in [-0.1, -0.05) is 13.8 Å². The van der Waals surface area contributed by atoms with Crippen molar-refractivity contribution >= 4 is 5.82 Å². The Hall–Kier alpha value is -2.04. The molecule has 84 valence electrons. The number of aromatic nitrogens is 2. The molecule has 2 rings (SSSR count). The third-order valence-corrected chi connectivity index (χ3v) is 2.32. The Labute approximate surface area is 92.3 Å². The van der Waals surface area contributed by atoms with Crippen molar-refractivity contribution in [3.63, 3.8) is 0 Å². The van der Waals surface area contributed by atoms with E-state index in [2.05, 4.69) is 9.97 Å². The van der Waals surface area contributed by atoms with Crippen molar-refractivity contribution in [2.24, 2.45) is 0 Å². The molecule has 2 heterocycles. The first kappa shape index (κ1) is 10.5. The minimum absolute atomic E-state index is 0.0434. The van der Waals surface area contributed by atoms with E-state index in [0.29, 0.717) is 17.1 Å². The molecule has 0 amide bonds. The minimum atomic E-state index is -0.214. The van der Waals surface area contributed by atoms with Crippen molar-refractivity contribution < 1.29 is 4.42 Å². The molecule has 0 aliphatic heterocycles. The summed E-state index contributed by atoms with van der Waals surface area (Å²) in [6.07, 6.45) is 1.52. The first-order chi connectivity index (χ1) is 7.59. The van der Waals surface area contributed by atoms with E-state index in [1.807, 2.05) is 13.8 Å². The molecule has 2 aromatic rings. The number of aromatic amines is 1. The topological polar surface area (TPSA) is 84.9 Å². The molecule has 0 unspecified atom stereocenters. The monoisotopic (exact) mass is 219 g/mol. The van der Waals surface area contributed by atoms with Crippen LogP contribution in [-0.4, -0.2) is 9.97 Å². The summed E-state index contributed by atoms with van der Waals surface area (Å²) in [4.78, 5) is 18.6. The predicted molar refractivity (Wildman–Crippen MR) is 61.1 cm³/mol. The van der Waals surface area contributed by atoms with Gasteiger partial charge in [-0.15, -0.1) is 0 Å². The lowest BCUT2D eigenvalue weighted by atomic mass is 10.1. The Morgan fingerprint density at radius 1 is 1.50 bits per heavy atom. The maximum absolute atomic E-state index is 11.8. The molecule has 0 atom stereocenters. The molecule has 0 saturated carbocycles. The van der Waals surface area contributed by atoms with Gasteiger partial charge in [0.15, 0.2) is 11.6 Å².